The number of benzene rings is 3. The normalized spacial score (nSPS) is 12.7. The second kappa shape index (κ2) is 6.38. The van der Waals surface area contributed by atoms with Crippen LogP contribution in [0.25, 0.3) is 33.1 Å². The molecule has 0 spiro atoms. The van der Waals surface area contributed by atoms with Crippen LogP contribution < -0.4 is 14.0 Å². The third-order valence-corrected chi connectivity index (χ3v) is 5.53. The number of fused-ring (bicyclic) bond motifs is 4. The zero-order valence-corrected chi connectivity index (χ0v) is 15.8. The molecule has 0 fully saturated rings. The fourth-order valence-electron chi connectivity index (χ4n) is 4.17. The summed E-state index contributed by atoms with van der Waals surface area (Å²) in [6.07, 6.45) is 2.18. The summed E-state index contributed by atoms with van der Waals surface area (Å²) in [6, 6.07) is 27.3. The van der Waals surface area contributed by atoms with Gasteiger partial charge in [0.05, 0.1) is 5.56 Å². The number of rotatable bonds is 3. The highest BCUT2D eigenvalue weighted by molar-refractivity contribution is 6.10. The van der Waals surface area contributed by atoms with Crippen LogP contribution in [0, 0.1) is 0 Å². The fourth-order valence-corrected chi connectivity index (χ4v) is 4.17. The van der Waals surface area contributed by atoms with Gasteiger partial charge in [0.25, 0.3) is 0 Å². The Balaban J connectivity index is 1.62. The lowest BCUT2D eigenvalue weighted by atomic mass is 10.1. The molecule has 2 aromatic heterocycles. The molecule has 3 aromatic carbocycles. The van der Waals surface area contributed by atoms with Gasteiger partial charge in [0, 0.05) is 27.9 Å². The van der Waals surface area contributed by atoms with E-state index in [9.17, 15) is 0 Å². The summed E-state index contributed by atoms with van der Waals surface area (Å²) in [6.45, 7) is 1.06. The van der Waals surface area contributed by atoms with Gasteiger partial charge in [0.15, 0.2) is 24.2 Å². The number of para-hydroxylation sites is 1. The first kappa shape index (κ1) is 16.2. The smallest absolute Gasteiger partial charge is 0.237 e. The van der Waals surface area contributed by atoms with Gasteiger partial charge in [-0.1, -0.05) is 48.5 Å². The molecule has 4 heteroatoms. The zero-order valence-electron chi connectivity index (χ0n) is 15.8. The first-order valence-electron chi connectivity index (χ1n) is 9.74. The number of nitrogens with one attached hydrogen (secondary N) is 1. The number of hydrogen-bond acceptors (Lipinski definition) is 2. The monoisotopic (exact) mass is 379 g/mol. The van der Waals surface area contributed by atoms with Gasteiger partial charge in [0.2, 0.25) is 12.5 Å². The summed E-state index contributed by atoms with van der Waals surface area (Å²) in [4.78, 5) is 3.65. The van der Waals surface area contributed by atoms with E-state index in [-0.39, 0.29) is 6.79 Å². The van der Waals surface area contributed by atoms with E-state index < -0.39 is 0 Å². The molecule has 0 amide bonds. The molecule has 29 heavy (non-hydrogen) atoms. The number of aromatic nitrogens is 2. The summed E-state index contributed by atoms with van der Waals surface area (Å²) in [5.41, 5.74) is 5.77. The van der Waals surface area contributed by atoms with Gasteiger partial charge in [-0.05, 0) is 24.3 Å². The first-order chi connectivity index (χ1) is 14.4. The van der Waals surface area contributed by atoms with Crippen molar-refractivity contribution in [1.29, 1.82) is 0 Å². The summed E-state index contributed by atoms with van der Waals surface area (Å²) < 4.78 is 13.5. The zero-order chi connectivity index (χ0) is 19.2. The van der Waals surface area contributed by atoms with E-state index in [1.807, 2.05) is 12.1 Å². The highest BCUT2D eigenvalue weighted by Crippen LogP contribution is 2.37. The Bertz CT molecular complexity index is 1360. The molecular weight excluding hydrogens is 360 g/mol. The van der Waals surface area contributed by atoms with Gasteiger partial charge in [-0.25, -0.2) is 0 Å². The third-order valence-electron chi connectivity index (χ3n) is 5.53. The summed E-state index contributed by atoms with van der Waals surface area (Å²) in [5.74, 6) is 1.59. The van der Waals surface area contributed by atoms with Crippen molar-refractivity contribution in [3.63, 3.8) is 0 Å². The van der Waals surface area contributed by atoms with Crippen molar-refractivity contribution in [2.75, 3.05) is 6.79 Å². The van der Waals surface area contributed by atoms with Gasteiger partial charge < -0.3 is 14.5 Å². The highest BCUT2D eigenvalue weighted by atomic mass is 16.7. The number of ether oxygens (including phenoxy) is 2. The van der Waals surface area contributed by atoms with Crippen molar-refractivity contribution in [3.05, 3.63) is 90.6 Å². The van der Waals surface area contributed by atoms with E-state index in [1.165, 1.54) is 16.3 Å². The quantitative estimate of drug-likeness (QED) is 0.445. The molecule has 0 atom stereocenters. The van der Waals surface area contributed by atoms with Crippen molar-refractivity contribution in [2.45, 2.75) is 6.54 Å². The first-order valence-corrected chi connectivity index (χ1v) is 9.74. The van der Waals surface area contributed by atoms with Gasteiger partial charge in [-0.2, -0.15) is 4.57 Å². The third kappa shape index (κ3) is 2.64. The minimum atomic E-state index is 0.277. The van der Waals surface area contributed by atoms with Gasteiger partial charge in [0.1, 0.15) is 5.52 Å². The molecule has 140 valence electrons. The summed E-state index contributed by atoms with van der Waals surface area (Å²) >= 11 is 0. The van der Waals surface area contributed by atoms with E-state index in [1.54, 1.807) is 0 Å². The van der Waals surface area contributed by atoms with Crippen molar-refractivity contribution < 1.29 is 14.0 Å². The Kier molecular flexibility index (Phi) is 3.56. The average molecular weight is 379 g/mol. The minimum absolute atomic E-state index is 0.277. The van der Waals surface area contributed by atoms with E-state index in [4.69, 9.17) is 9.47 Å². The Labute approximate surface area is 167 Å². The molecule has 1 aliphatic heterocycles. The summed E-state index contributed by atoms with van der Waals surface area (Å²) in [5, 5.41) is 2.45. The molecule has 0 unspecified atom stereocenters. The molecule has 0 aliphatic carbocycles. The molecule has 3 heterocycles. The standard InChI is InChI=1S/C25H18N2O2/c1-2-6-17(7-3-1)15-27-13-12-20-19-8-4-5-9-21(19)26-24(20)25(27)18-10-11-22-23(14-18)29-16-28-22/h1-14H,15-16H2/p+1. The van der Waals surface area contributed by atoms with Crippen LogP contribution in [0.2, 0.25) is 0 Å². The lowest BCUT2D eigenvalue weighted by molar-refractivity contribution is -0.676. The van der Waals surface area contributed by atoms with Gasteiger partial charge in [-0.15, -0.1) is 0 Å². The molecule has 0 saturated heterocycles. The van der Waals surface area contributed by atoms with Crippen LogP contribution in [-0.4, -0.2) is 11.8 Å². The molecule has 0 radical (unpaired) electrons. The Hall–Kier alpha value is -3.79. The van der Waals surface area contributed by atoms with Crippen LogP contribution in [0.3, 0.4) is 0 Å². The highest BCUT2D eigenvalue weighted by Gasteiger charge is 2.23. The number of aromatic amines is 1. The fraction of sp³-hybridized carbons (Fsp3) is 0.0800. The average Bonchev–Trinajstić information content (AvgIpc) is 3.38. The number of hydrogen-bond donors (Lipinski definition) is 1. The largest absolute Gasteiger partial charge is 0.454 e. The van der Waals surface area contributed by atoms with E-state index in [0.29, 0.717) is 0 Å². The molecule has 1 N–H and O–H groups in total. The maximum absolute atomic E-state index is 5.65. The Morgan fingerprint density at radius 3 is 2.55 bits per heavy atom. The maximum atomic E-state index is 5.65. The lowest BCUT2D eigenvalue weighted by Gasteiger charge is -2.07. The van der Waals surface area contributed by atoms with Gasteiger partial charge in [-0.3, -0.25) is 0 Å². The van der Waals surface area contributed by atoms with Crippen molar-refractivity contribution in [3.8, 4) is 22.8 Å². The maximum Gasteiger partial charge on any atom is 0.237 e. The minimum Gasteiger partial charge on any atom is -0.454 e. The van der Waals surface area contributed by atoms with Crippen LogP contribution >= 0.6 is 0 Å². The van der Waals surface area contributed by atoms with Crippen molar-refractivity contribution >= 4 is 21.8 Å². The molecular formula is C25H19N2O2+. The number of pyridine rings is 1. The van der Waals surface area contributed by atoms with E-state index in [0.717, 1.165) is 40.3 Å². The second-order valence-electron chi connectivity index (χ2n) is 7.31. The summed E-state index contributed by atoms with van der Waals surface area (Å²) in [7, 11) is 0. The SMILES string of the molecule is c1ccc(C[n+]2ccc3c([nH]c4ccccc43)c2-c2ccc3c(c2)OCO3)cc1. The molecule has 0 saturated carbocycles. The molecule has 4 nitrogen and oxygen atoms in total. The van der Waals surface area contributed by atoms with Crippen molar-refractivity contribution in [1.82, 2.24) is 4.98 Å². The Morgan fingerprint density at radius 1 is 0.793 bits per heavy atom. The second-order valence-corrected chi connectivity index (χ2v) is 7.31. The van der Waals surface area contributed by atoms with Crippen LogP contribution in [0.1, 0.15) is 5.56 Å². The topological polar surface area (TPSA) is 38.1 Å². The van der Waals surface area contributed by atoms with Crippen LogP contribution in [0.4, 0.5) is 0 Å². The molecule has 6 rings (SSSR count). The lowest BCUT2D eigenvalue weighted by Crippen LogP contribution is -2.36. The molecule has 5 aromatic rings. The van der Waals surface area contributed by atoms with E-state index in [2.05, 4.69) is 82.5 Å². The predicted octanol–water partition coefficient (Wildman–Crippen LogP) is 5.05. The number of nitrogens with zero attached hydrogens (tertiary/aromatic N) is 1. The Morgan fingerprint density at radius 2 is 1.62 bits per heavy atom. The van der Waals surface area contributed by atoms with Gasteiger partial charge >= 0.3 is 0 Å². The predicted molar refractivity (Wildman–Crippen MR) is 113 cm³/mol. The van der Waals surface area contributed by atoms with Crippen molar-refractivity contribution in [2.24, 2.45) is 0 Å². The van der Waals surface area contributed by atoms with Crippen LogP contribution in [0.5, 0.6) is 11.5 Å². The van der Waals surface area contributed by atoms with Crippen LogP contribution in [0.15, 0.2) is 85.1 Å². The molecule has 1 aliphatic rings. The van der Waals surface area contributed by atoms with E-state index >= 15 is 0 Å². The number of H-pyrrole nitrogens is 1. The van der Waals surface area contributed by atoms with Crippen LogP contribution in [-0.2, 0) is 6.54 Å². The molecule has 0 bridgehead atoms.